The summed E-state index contributed by atoms with van der Waals surface area (Å²) in [6.45, 7) is 3.80. The van der Waals surface area contributed by atoms with Gasteiger partial charge in [-0.25, -0.2) is 4.79 Å². The summed E-state index contributed by atoms with van der Waals surface area (Å²) in [6, 6.07) is 16.5. The largest absolute Gasteiger partial charge is 0.465 e. The predicted molar refractivity (Wildman–Crippen MR) is 126 cm³/mol. The first-order valence-electron chi connectivity index (χ1n) is 10.0. The molecule has 1 atom stereocenters. The van der Waals surface area contributed by atoms with Crippen molar-refractivity contribution < 1.29 is 18.7 Å². The van der Waals surface area contributed by atoms with Crippen molar-refractivity contribution in [2.45, 2.75) is 19.8 Å². The van der Waals surface area contributed by atoms with Gasteiger partial charge in [0.15, 0.2) is 0 Å². The SMILES string of the molecule is Cc1ccc2c(Cl)c(C(=O)Oc3ccc4c(c3)OC(N)=C(C#N)C4c3ccc(C)o3)sc2c1. The van der Waals surface area contributed by atoms with Crippen LogP contribution in [0, 0.1) is 25.2 Å². The standard InChI is InChI=1S/C25H17ClN2O4S/c1-12-3-6-16-20(9-12)33-23(22(16)26)25(29)31-14-5-7-15-19(10-14)32-24(28)17(11-27)21(15)18-8-4-13(2)30-18/h3-10,21H,28H2,1-2H3. The number of nitrogens with zero attached hydrogens (tertiary/aromatic N) is 1. The van der Waals surface area contributed by atoms with Crippen LogP contribution >= 0.6 is 22.9 Å². The topological polar surface area (TPSA) is 98.5 Å². The van der Waals surface area contributed by atoms with E-state index in [0.29, 0.717) is 27.0 Å². The highest BCUT2D eigenvalue weighted by Crippen LogP contribution is 2.44. The number of ether oxygens (including phenoxy) is 2. The number of aryl methyl sites for hydroxylation is 2. The van der Waals surface area contributed by atoms with E-state index in [1.54, 1.807) is 24.3 Å². The third-order valence-electron chi connectivity index (χ3n) is 5.42. The van der Waals surface area contributed by atoms with Gasteiger partial charge in [-0.05, 0) is 43.7 Å². The first-order chi connectivity index (χ1) is 15.9. The van der Waals surface area contributed by atoms with Crippen LogP contribution in [0.3, 0.4) is 0 Å². The van der Waals surface area contributed by atoms with E-state index in [1.165, 1.54) is 11.3 Å². The molecule has 2 aromatic carbocycles. The summed E-state index contributed by atoms with van der Waals surface area (Å²) in [7, 11) is 0. The number of fused-ring (bicyclic) bond motifs is 2. The molecule has 0 bridgehead atoms. The first-order valence-corrected chi connectivity index (χ1v) is 11.2. The second kappa shape index (κ2) is 8.00. The van der Waals surface area contributed by atoms with Gasteiger partial charge in [0, 0.05) is 21.7 Å². The molecule has 1 aliphatic rings. The average Bonchev–Trinajstić information content (AvgIpc) is 3.35. The maximum Gasteiger partial charge on any atom is 0.355 e. The highest BCUT2D eigenvalue weighted by atomic mass is 35.5. The van der Waals surface area contributed by atoms with Crippen LogP contribution in [-0.4, -0.2) is 5.97 Å². The maximum absolute atomic E-state index is 12.9. The van der Waals surface area contributed by atoms with Crippen LogP contribution in [0.4, 0.5) is 0 Å². The van der Waals surface area contributed by atoms with Gasteiger partial charge >= 0.3 is 5.97 Å². The van der Waals surface area contributed by atoms with Crippen molar-refractivity contribution in [3.8, 4) is 17.6 Å². The van der Waals surface area contributed by atoms with Crippen molar-refractivity contribution in [3.05, 3.63) is 92.5 Å². The van der Waals surface area contributed by atoms with Crippen LogP contribution in [0.2, 0.25) is 5.02 Å². The minimum Gasteiger partial charge on any atom is -0.465 e. The summed E-state index contributed by atoms with van der Waals surface area (Å²) in [5.41, 5.74) is 8.05. The van der Waals surface area contributed by atoms with Crippen LogP contribution in [0.15, 0.2) is 64.4 Å². The van der Waals surface area contributed by atoms with Gasteiger partial charge in [-0.15, -0.1) is 11.3 Å². The number of carbonyl (C=O) groups excluding carboxylic acids is 1. The molecule has 164 valence electrons. The number of hydrogen-bond donors (Lipinski definition) is 1. The fourth-order valence-corrected chi connectivity index (χ4v) is 5.34. The van der Waals surface area contributed by atoms with Gasteiger partial charge in [0.05, 0.1) is 10.9 Å². The fourth-order valence-electron chi connectivity index (χ4n) is 3.86. The molecule has 6 nitrogen and oxygen atoms in total. The second-order valence-corrected chi connectivity index (χ2v) is 9.14. The molecule has 1 unspecified atom stereocenters. The molecule has 1 aliphatic heterocycles. The van der Waals surface area contributed by atoms with Crippen LogP contribution in [0.25, 0.3) is 10.1 Å². The number of thiophene rings is 1. The monoisotopic (exact) mass is 476 g/mol. The lowest BCUT2D eigenvalue weighted by Crippen LogP contribution is -2.21. The number of halogens is 1. The molecule has 0 spiro atoms. The number of esters is 1. The minimum absolute atomic E-state index is 0.0181. The number of rotatable bonds is 3. The molecule has 3 heterocycles. The number of nitrogens with two attached hydrogens (primary N) is 1. The molecular weight excluding hydrogens is 460 g/mol. The Balaban J connectivity index is 1.49. The third kappa shape index (κ3) is 3.63. The second-order valence-electron chi connectivity index (χ2n) is 7.71. The van der Waals surface area contributed by atoms with E-state index in [-0.39, 0.29) is 17.2 Å². The van der Waals surface area contributed by atoms with Crippen molar-refractivity contribution in [2.24, 2.45) is 5.73 Å². The summed E-state index contributed by atoms with van der Waals surface area (Å²) in [4.78, 5) is 13.2. The van der Waals surface area contributed by atoms with Crippen LogP contribution in [0.5, 0.6) is 11.5 Å². The summed E-state index contributed by atoms with van der Waals surface area (Å²) in [5.74, 6) is 0.852. The highest BCUT2D eigenvalue weighted by molar-refractivity contribution is 7.21. The summed E-state index contributed by atoms with van der Waals surface area (Å²) in [6.07, 6.45) is 0. The van der Waals surface area contributed by atoms with E-state index in [4.69, 9.17) is 31.2 Å². The average molecular weight is 477 g/mol. The van der Waals surface area contributed by atoms with Gasteiger partial charge < -0.3 is 19.6 Å². The zero-order valence-electron chi connectivity index (χ0n) is 17.6. The summed E-state index contributed by atoms with van der Waals surface area (Å²) < 4.78 is 18.0. The number of carbonyl (C=O) groups is 1. The van der Waals surface area contributed by atoms with Crippen molar-refractivity contribution >= 4 is 39.0 Å². The Hall–Kier alpha value is -3.73. The van der Waals surface area contributed by atoms with E-state index < -0.39 is 11.9 Å². The van der Waals surface area contributed by atoms with Gasteiger partial charge in [-0.1, -0.05) is 29.8 Å². The quantitative estimate of drug-likeness (QED) is 0.279. The van der Waals surface area contributed by atoms with E-state index in [1.807, 2.05) is 38.1 Å². The number of furan rings is 1. The van der Waals surface area contributed by atoms with E-state index in [9.17, 15) is 10.1 Å². The molecule has 2 aromatic heterocycles. The normalized spacial score (nSPS) is 15.2. The number of nitriles is 1. The molecule has 33 heavy (non-hydrogen) atoms. The first kappa shape index (κ1) is 21.1. The Labute approximate surface area is 198 Å². The Morgan fingerprint density at radius 2 is 2.00 bits per heavy atom. The van der Waals surface area contributed by atoms with Crippen molar-refractivity contribution in [3.63, 3.8) is 0 Å². The van der Waals surface area contributed by atoms with Crippen LogP contribution < -0.4 is 15.2 Å². The Morgan fingerprint density at radius 1 is 1.18 bits per heavy atom. The van der Waals surface area contributed by atoms with Gasteiger partial charge in [0.25, 0.3) is 0 Å². The van der Waals surface area contributed by atoms with Crippen LogP contribution in [0.1, 0.15) is 38.2 Å². The van der Waals surface area contributed by atoms with E-state index in [0.717, 1.165) is 21.4 Å². The lowest BCUT2D eigenvalue weighted by molar-refractivity contribution is 0.0740. The zero-order valence-corrected chi connectivity index (χ0v) is 19.2. The zero-order chi connectivity index (χ0) is 23.3. The van der Waals surface area contributed by atoms with Gasteiger partial charge in [-0.2, -0.15) is 5.26 Å². The minimum atomic E-state index is -0.561. The molecule has 2 N–H and O–H groups in total. The number of benzene rings is 2. The summed E-state index contributed by atoms with van der Waals surface area (Å²) in [5, 5.41) is 10.8. The lowest BCUT2D eigenvalue weighted by Gasteiger charge is -2.25. The van der Waals surface area contributed by atoms with Crippen molar-refractivity contribution in [1.29, 1.82) is 5.26 Å². The smallest absolute Gasteiger partial charge is 0.355 e. The van der Waals surface area contributed by atoms with Gasteiger partial charge in [0.1, 0.15) is 39.5 Å². The molecule has 0 amide bonds. The molecular formula is C25H17ClN2O4S. The molecule has 5 rings (SSSR count). The molecule has 0 saturated carbocycles. The maximum atomic E-state index is 12.9. The van der Waals surface area contributed by atoms with E-state index in [2.05, 4.69) is 6.07 Å². The number of hydrogen-bond acceptors (Lipinski definition) is 7. The Bertz CT molecular complexity index is 1510. The summed E-state index contributed by atoms with van der Waals surface area (Å²) >= 11 is 7.73. The molecule has 8 heteroatoms. The Morgan fingerprint density at radius 3 is 2.73 bits per heavy atom. The van der Waals surface area contributed by atoms with E-state index >= 15 is 0 Å². The lowest BCUT2D eigenvalue weighted by atomic mass is 9.87. The molecule has 0 aliphatic carbocycles. The molecule has 4 aromatic rings. The fraction of sp³-hybridized carbons (Fsp3) is 0.120. The molecule has 0 saturated heterocycles. The number of allylic oxidation sites excluding steroid dienone is 1. The third-order valence-corrected chi connectivity index (χ3v) is 7.05. The van der Waals surface area contributed by atoms with Crippen LogP contribution in [-0.2, 0) is 0 Å². The van der Waals surface area contributed by atoms with Crippen molar-refractivity contribution in [2.75, 3.05) is 0 Å². The van der Waals surface area contributed by atoms with Gasteiger partial charge in [-0.3, -0.25) is 0 Å². The molecule has 0 fully saturated rings. The van der Waals surface area contributed by atoms with Gasteiger partial charge in [0.2, 0.25) is 5.88 Å². The Kier molecular flexibility index (Phi) is 5.12. The molecule has 0 radical (unpaired) electrons. The van der Waals surface area contributed by atoms with Crippen molar-refractivity contribution in [1.82, 2.24) is 0 Å². The predicted octanol–water partition coefficient (Wildman–Crippen LogP) is 6.20. The highest BCUT2D eigenvalue weighted by Gasteiger charge is 2.33.